The number of benzene rings is 1. The van der Waals surface area contributed by atoms with Crippen molar-refractivity contribution < 1.29 is 9.59 Å². The summed E-state index contributed by atoms with van der Waals surface area (Å²) in [7, 11) is 1.75. The van der Waals surface area contributed by atoms with Gasteiger partial charge in [0.1, 0.15) is 0 Å². The number of nitrogens with zero attached hydrogens (tertiary/aromatic N) is 1. The van der Waals surface area contributed by atoms with Crippen LogP contribution in [-0.4, -0.2) is 23.8 Å². The first-order valence-electron chi connectivity index (χ1n) is 7.68. The standard InChI is InChI=1S/C18H22N2O2S/c1-14(21)20(2)13-15-7-3-4-10-17(15)19-18(22)11-5-8-16-9-6-12-23-16/h3-4,6-7,9-10,12H,5,8,11,13H2,1-2H3,(H,19,22). The lowest BCUT2D eigenvalue weighted by Crippen LogP contribution is -2.24. The highest BCUT2D eigenvalue weighted by molar-refractivity contribution is 7.09. The van der Waals surface area contributed by atoms with Crippen LogP contribution in [0.1, 0.15) is 30.2 Å². The molecule has 0 bridgehead atoms. The quantitative estimate of drug-likeness (QED) is 0.842. The van der Waals surface area contributed by atoms with Crippen molar-refractivity contribution in [2.24, 2.45) is 0 Å². The Hall–Kier alpha value is -2.14. The molecule has 1 aromatic heterocycles. The molecule has 1 N–H and O–H groups in total. The van der Waals surface area contributed by atoms with E-state index in [1.165, 1.54) is 11.8 Å². The van der Waals surface area contributed by atoms with Crippen LogP contribution in [0.2, 0.25) is 0 Å². The predicted octanol–water partition coefficient (Wildman–Crippen LogP) is 3.69. The van der Waals surface area contributed by atoms with Gasteiger partial charge in [-0.1, -0.05) is 24.3 Å². The molecule has 1 aromatic carbocycles. The van der Waals surface area contributed by atoms with Gasteiger partial charge in [0.05, 0.1) is 0 Å². The van der Waals surface area contributed by atoms with Crippen molar-refractivity contribution in [3.63, 3.8) is 0 Å². The summed E-state index contributed by atoms with van der Waals surface area (Å²) in [6.07, 6.45) is 2.26. The fourth-order valence-electron chi connectivity index (χ4n) is 2.24. The number of para-hydroxylation sites is 1. The van der Waals surface area contributed by atoms with E-state index in [4.69, 9.17) is 0 Å². The summed E-state index contributed by atoms with van der Waals surface area (Å²) in [6.45, 7) is 2.02. The SMILES string of the molecule is CC(=O)N(C)Cc1ccccc1NC(=O)CCCc1cccs1. The fourth-order valence-corrected chi connectivity index (χ4v) is 2.99. The van der Waals surface area contributed by atoms with Gasteiger partial charge >= 0.3 is 0 Å². The number of nitrogens with one attached hydrogen (secondary N) is 1. The topological polar surface area (TPSA) is 49.4 Å². The first-order valence-corrected chi connectivity index (χ1v) is 8.56. The molecule has 0 aliphatic carbocycles. The van der Waals surface area contributed by atoms with Gasteiger partial charge in [-0.05, 0) is 35.9 Å². The minimum absolute atomic E-state index is 0.00192. The van der Waals surface area contributed by atoms with Gasteiger partial charge < -0.3 is 10.2 Å². The normalized spacial score (nSPS) is 10.3. The van der Waals surface area contributed by atoms with Gasteiger partial charge in [0.15, 0.2) is 0 Å². The molecule has 2 aromatic rings. The molecular formula is C18H22N2O2S. The molecule has 0 radical (unpaired) electrons. The van der Waals surface area contributed by atoms with E-state index in [0.29, 0.717) is 13.0 Å². The number of anilines is 1. The molecular weight excluding hydrogens is 308 g/mol. The van der Waals surface area contributed by atoms with Gasteiger partial charge in [0.25, 0.3) is 0 Å². The van der Waals surface area contributed by atoms with Gasteiger partial charge in [0.2, 0.25) is 11.8 Å². The maximum atomic E-state index is 12.1. The maximum Gasteiger partial charge on any atom is 0.224 e. The van der Waals surface area contributed by atoms with Crippen LogP contribution in [0.15, 0.2) is 41.8 Å². The predicted molar refractivity (Wildman–Crippen MR) is 94.5 cm³/mol. The molecule has 0 spiro atoms. The Morgan fingerprint density at radius 3 is 2.65 bits per heavy atom. The molecule has 2 rings (SSSR count). The highest BCUT2D eigenvalue weighted by atomic mass is 32.1. The summed E-state index contributed by atoms with van der Waals surface area (Å²) in [5, 5.41) is 5.01. The number of hydrogen-bond donors (Lipinski definition) is 1. The molecule has 0 saturated heterocycles. The Morgan fingerprint density at radius 2 is 1.96 bits per heavy atom. The Kier molecular flexibility index (Phi) is 6.35. The summed E-state index contributed by atoms with van der Waals surface area (Å²) >= 11 is 1.72. The molecule has 0 aliphatic rings. The van der Waals surface area contributed by atoms with Crippen molar-refractivity contribution in [2.75, 3.05) is 12.4 Å². The van der Waals surface area contributed by atoms with Crippen LogP contribution in [-0.2, 0) is 22.6 Å². The molecule has 4 nitrogen and oxygen atoms in total. The van der Waals surface area contributed by atoms with Gasteiger partial charge in [-0.2, -0.15) is 0 Å². The fraction of sp³-hybridized carbons (Fsp3) is 0.333. The second-order valence-electron chi connectivity index (χ2n) is 5.51. The van der Waals surface area contributed by atoms with E-state index in [2.05, 4.69) is 16.8 Å². The van der Waals surface area contributed by atoms with Gasteiger partial charge in [0, 0.05) is 37.5 Å². The maximum absolute atomic E-state index is 12.1. The Bertz CT molecular complexity index is 653. The van der Waals surface area contributed by atoms with Crippen LogP contribution >= 0.6 is 11.3 Å². The summed E-state index contributed by atoms with van der Waals surface area (Å²) in [6, 6.07) is 11.7. The average Bonchev–Trinajstić information content (AvgIpc) is 3.02. The molecule has 5 heteroatoms. The average molecular weight is 330 g/mol. The zero-order chi connectivity index (χ0) is 16.7. The molecule has 1 heterocycles. The third kappa shape index (κ3) is 5.53. The molecule has 122 valence electrons. The Labute approximate surface area is 141 Å². The van der Waals surface area contributed by atoms with Crippen molar-refractivity contribution in [2.45, 2.75) is 32.7 Å². The number of amides is 2. The number of aryl methyl sites for hydroxylation is 1. The molecule has 0 atom stereocenters. The number of rotatable bonds is 7. The van der Waals surface area contributed by atoms with Crippen molar-refractivity contribution >= 4 is 28.8 Å². The van der Waals surface area contributed by atoms with Crippen molar-refractivity contribution in [1.82, 2.24) is 4.90 Å². The first kappa shape index (κ1) is 17.2. The Balaban J connectivity index is 1.88. The third-order valence-corrected chi connectivity index (χ3v) is 4.58. The largest absolute Gasteiger partial charge is 0.342 e. The van der Waals surface area contributed by atoms with Crippen LogP contribution in [0.5, 0.6) is 0 Å². The lowest BCUT2D eigenvalue weighted by atomic mass is 10.1. The molecule has 0 fully saturated rings. The summed E-state index contributed by atoms with van der Waals surface area (Å²) in [5.41, 5.74) is 1.72. The highest BCUT2D eigenvalue weighted by Crippen LogP contribution is 2.18. The summed E-state index contributed by atoms with van der Waals surface area (Å²) in [5.74, 6) is 0.0153. The highest BCUT2D eigenvalue weighted by Gasteiger charge is 2.10. The van der Waals surface area contributed by atoms with Crippen molar-refractivity contribution in [3.05, 3.63) is 52.2 Å². The van der Waals surface area contributed by atoms with E-state index in [1.54, 1.807) is 23.3 Å². The second kappa shape index (κ2) is 8.48. The lowest BCUT2D eigenvalue weighted by molar-refractivity contribution is -0.128. The lowest BCUT2D eigenvalue weighted by Gasteiger charge is -2.17. The van der Waals surface area contributed by atoms with Crippen LogP contribution in [0.4, 0.5) is 5.69 Å². The van der Waals surface area contributed by atoms with Crippen LogP contribution < -0.4 is 5.32 Å². The number of hydrogen-bond acceptors (Lipinski definition) is 3. The number of carbonyl (C=O) groups is 2. The monoisotopic (exact) mass is 330 g/mol. The van der Waals surface area contributed by atoms with E-state index < -0.39 is 0 Å². The zero-order valence-corrected chi connectivity index (χ0v) is 14.4. The van der Waals surface area contributed by atoms with Crippen molar-refractivity contribution in [3.8, 4) is 0 Å². The summed E-state index contributed by atoms with van der Waals surface area (Å²) in [4.78, 5) is 26.4. The molecule has 0 saturated carbocycles. The minimum atomic E-state index is 0.00192. The van der Waals surface area contributed by atoms with Gasteiger partial charge in [-0.25, -0.2) is 0 Å². The van der Waals surface area contributed by atoms with E-state index in [1.807, 2.05) is 30.3 Å². The van der Waals surface area contributed by atoms with Crippen LogP contribution in [0.3, 0.4) is 0 Å². The number of carbonyl (C=O) groups excluding carboxylic acids is 2. The molecule has 0 aliphatic heterocycles. The van der Waals surface area contributed by atoms with Crippen LogP contribution in [0, 0.1) is 0 Å². The minimum Gasteiger partial charge on any atom is -0.342 e. The Morgan fingerprint density at radius 1 is 1.17 bits per heavy atom. The number of thiophene rings is 1. The first-order chi connectivity index (χ1) is 11.1. The molecule has 0 unspecified atom stereocenters. The molecule has 2 amide bonds. The van der Waals surface area contributed by atoms with E-state index in [0.717, 1.165) is 24.1 Å². The van der Waals surface area contributed by atoms with E-state index in [9.17, 15) is 9.59 Å². The zero-order valence-electron chi connectivity index (χ0n) is 13.5. The molecule has 23 heavy (non-hydrogen) atoms. The van der Waals surface area contributed by atoms with Gasteiger partial charge in [-0.3, -0.25) is 9.59 Å². The van der Waals surface area contributed by atoms with E-state index >= 15 is 0 Å². The van der Waals surface area contributed by atoms with Gasteiger partial charge in [-0.15, -0.1) is 11.3 Å². The second-order valence-corrected chi connectivity index (χ2v) is 6.55. The smallest absolute Gasteiger partial charge is 0.224 e. The van der Waals surface area contributed by atoms with Crippen molar-refractivity contribution in [1.29, 1.82) is 0 Å². The third-order valence-electron chi connectivity index (χ3n) is 3.64. The van der Waals surface area contributed by atoms with E-state index in [-0.39, 0.29) is 11.8 Å². The van der Waals surface area contributed by atoms with Crippen LogP contribution in [0.25, 0.3) is 0 Å². The summed E-state index contributed by atoms with van der Waals surface area (Å²) < 4.78 is 0.